The minimum absolute atomic E-state index is 0.102. The standard InChI is InChI=1S/C12H19N3O2S/c1-15(9-10-4-2-3-5-10)18(16,17)12-8-14-7-6-11(12)13/h6-8,10H,2-5,9H2,1H3,(H2,13,14). The zero-order valence-electron chi connectivity index (χ0n) is 10.5. The molecule has 18 heavy (non-hydrogen) atoms. The fraction of sp³-hybridized carbons (Fsp3) is 0.583. The van der Waals surface area contributed by atoms with E-state index >= 15 is 0 Å². The Labute approximate surface area is 108 Å². The van der Waals surface area contributed by atoms with E-state index in [0.29, 0.717) is 12.5 Å². The molecule has 0 radical (unpaired) electrons. The molecular weight excluding hydrogens is 250 g/mol. The summed E-state index contributed by atoms with van der Waals surface area (Å²) >= 11 is 0. The maximum absolute atomic E-state index is 12.3. The first-order chi connectivity index (χ1) is 8.51. The maximum Gasteiger partial charge on any atom is 0.246 e. The zero-order chi connectivity index (χ0) is 13.2. The van der Waals surface area contributed by atoms with E-state index in [1.165, 1.54) is 35.6 Å². The van der Waals surface area contributed by atoms with Gasteiger partial charge in [0.1, 0.15) is 4.90 Å². The number of hydrogen-bond acceptors (Lipinski definition) is 4. The predicted molar refractivity (Wildman–Crippen MR) is 70.4 cm³/mol. The van der Waals surface area contributed by atoms with Crippen LogP contribution in [0.25, 0.3) is 0 Å². The highest BCUT2D eigenvalue weighted by molar-refractivity contribution is 7.89. The van der Waals surface area contributed by atoms with E-state index in [9.17, 15) is 8.42 Å². The Kier molecular flexibility index (Phi) is 3.87. The van der Waals surface area contributed by atoms with Crippen LogP contribution in [0.3, 0.4) is 0 Å². The van der Waals surface area contributed by atoms with Gasteiger partial charge in [0.25, 0.3) is 0 Å². The summed E-state index contributed by atoms with van der Waals surface area (Å²) < 4.78 is 26.1. The van der Waals surface area contributed by atoms with Crippen molar-refractivity contribution in [1.82, 2.24) is 9.29 Å². The van der Waals surface area contributed by atoms with Gasteiger partial charge in [-0.2, -0.15) is 0 Å². The van der Waals surface area contributed by atoms with Gasteiger partial charge >= 0.3 is 0 Å². The topological polar surface area (TPSA) is 76.3 Å². The number of nitrogens with zero attached hydrogens (tertiary/aromatic N) is 2. The molecule has 1 aliphatic carbocycles. The minimum atomic E-state index is -3.51. The van der Waals surface area contributed by atoms with Crippen molar-refractivity contribution in [1.29, 1.82) is 0 Å². The third-order valence-electron chi connectivity index (χ3n) is 3.49. The number of aromatic nitrogens is 1. The molecule has 0 saturated heterocycles. The highest BCUT2D eigenvalue weighted by atomic mass is 32.2. The largest absolute Gasteiger partial charge is 0.398 e. The third kappa shape index (κ3) is 2.64. The van der Waals surface area contributed by atoms with E-state index in [0.717, 1.165) is 12.8 Å². The van der Waals surface area contributed by atoms with Crippen molar-refractivity contribution in [2.75, 3.05) is 19.3 Å². The fourth-order valence-electron chi connectivity index (χ4n) is 2.43. The molecule has 100 valence electrons. The van der Waals surface area contributed by atoms with Gasteiger partial charge in [-0.3, -0.25) is 4.98 Å². The van der Waals surface area contributed by atoms with Gasteiger partial charge in [-0.05, 0) is 24.8 Å². The van der Waals surface area contributed by atoms with Crippen LogP contribution in [-0.2, 0) is 10.0 Å². The number of pyridine rings is 1. The number of rotatable bonds is 4. The molecule has 6 heteroatoms. The van der Waals surface area contributed by atoms with Crippen LogP contribution >= 0.6 is 0 Å². The van der Waals surface area contributed by atoms with Crippen molar-refractivity contribution in [2.45, 2.75) is 30.6 Å². The summed E-state index contributed by atoms with van der Waals surface area (Å²) in [4.78, 5) is 3.94. The van der Waals surface area contributed by atoms with Gasteiger partial charge in [0, 0.05) is 26.0 Å². The zero-order valence-corrected chi connectivity index (χ0v) is 11.4. The van der Waals surface area contributed by atoms with Crippen LogP contribution < -0.4 is 5.73 Å². The smallest absolute Gasteiger partial charge is 0.246 e. The van der Waals surface area contributed by atoms with Crippen LogP contribution in [0.2, 0.25) is 0 Å². The highest BCUT2D eigenvalue weighted by Crippen LogP contribution is 2.27. The second-order valence-corrected chi connectivity index (χ2v) is 6.86. The molecule has 1 aliphatic rings. The lowest BCUT2D eigenvalue weighted by molar-refractivity contribution is 0.387. The lowest BCUT2D eigenvalue weighted by Gasteiger charge is -2.21. The summed E-state index contributed by atoms with van der Waals surface area (Å²) in [7, 11) is -1.90. The van der Waals surface area contributed by atoms with Gasteiger partial charge in [0.2, 0.25) is 10.0 Å². The molecule has 0 spiro atoms. The molecule has 1 aromatic heterocycles. The first-order valence-electron chi connectivity index (χ1n) is 6.17. The Hall–Kier alpha value is -1.14. The molecule has 0 aromatic carbocycles. The van der Waals surface area contributed by atoms with Gasteiger partial charge < -0.3 is 5.73 Å². The number of nitrogens with two attached hydrogens (primary N) is 1. The molecule has 0 amide bonds. The predicted octanol–water partition coefficient (Wildman–Crippen LogP) is 1.47. The normalized spacial score (nSPS) is 17.4. The summed E-state index contributed by atoms with van der Waals surface area (Å²) in [5.74, 6) is 0.475. The van der Waals surface area contributed by atoms with Gasteiger partial charge in [-0.15, -0.1) is 0 Å². The molecule has 1 saturated carbocycles. The van der Waals surface area contributed by atoms with E-state index < -0.39 is 10.0 Å². The van der Waals surface area contributed by atoms with Crippen molar-refractivity contribution in [3.8, 4) is 0 Å². The van der Waals surface area contributed by atoms with Gasteiger partial charge in [0.15, 0.2) is 0 Å². The third-order valence-corrected chi connectivity index (χ3v) is 5.36. The van der Waals surface area contributed by atoms with E-state index in [2.05, 4.69) is 4.98 Å². The Balaban J connectivity index is 2.17. The number of nitrogen functional groups attached to an aromatic ring is 1. The maximum atomic E-state index is 12.3. The van der Waals surface area contributed by atoms with Crippen molar-refractivity contribution in [3.05, 3.63) is 18.5 Å². The van der Waals surface area contributed by atoms with Crippen molar-refractivity contribution in [3.63, 3.8) is 0 Å². The fourth-order valence-corrected chi connectivity index (χ4v) is 3.73. The molecular formula is C12H19N3O2S. The highest BCUT2D eigenvalue weighted by Gasteiger charge is 2.27. The lowest BCUT2D eigenvalue weighted by atomic mass is 10.1. The molecule has 2 N–H and O–H groups in total. The second-order valence-electron chi connectivity index (χ2n) is 4.85. The number of hydrogen-bond donors (Lipinski definition) is 1. The average Bonchev–Trinajstić information content (AvgIpc) is 2.82. The summed E-state index contributed by atoms with van der Waals surface area (Å²) in [6.45, 7) is 0.566. The number of anilines is 1. The average molecular weight is 269 g/mol. The summed E-state index contributed by atoms with van der Waals surface area (Å²) in [5, 5.41) is 0. The number of sulfonamides is 1. The Morgan fingerprint density at radius 2 is 2.11 bits per heavy atom. The molecule has 1 heterocycles. The van der Waals surface area contributed by atoms with Crippen LogP contribution in [0.4, 0.5) is 5.69 Å². The van der Waals surface area contributed by atoms with E-state index in [-0.39, 0.29) is 10.6 Å². The molecule has 0 unspecified atom stereocenters. The van der Waals surface area contributed by atoms with Crippen molar-refractivity contribution < 1.29 is 8.42 Å². The quantitative estimate of drug-likeness (QED) is 0.898. The van der Waals surface area contributed by atoms with Crippen LogP contribution in [0.5, 0.6) is 0 Å². The molecule has 1 fully saturated rings. The van der Waals surface area contributed by atoms with Gasteiger partial charge in [-0.1, -0.05) is 12.8 Å². The lowest BCUT2D eigenvalue weighted by Crippen LogP contribution is -2.31. The van der Waals surface area contributed by atoms with Crippen LogP contribution in [-0.4, -0.2) is 31.3 Å². The molecule has 2 rings (SSSR count). The van der Waals surface area contributed by atoms with Crippen LogP contribution in [0.1, 0.15) is 25.7 Å². The molecule has 0 bridgehead atoms. The second kappa shape index (κ2) is 5.24. The van der Waals surface area contributed by atoms with Crippen LogP contribution in [0.15, 0.2) is 23.4 Å². The Morgan fingerprint density at radius 3 is 2.72 bits per heavy atom. The van der Waals surface area contributed by atoms with Gasteiger partial charge in [-0.25, -0.2) is 12.7 Å². The summed E-state index contributed by atoms with van der Waals surface area (Å²) in [6.07, 6.45) is 7.44. The molecule has 0 atom stereocenters. The van der Waals surface area contributed by atoms with E-state index in [4.69, 9.17) is 5.73 Å². The van der Waals surface area contributed by atoms with E-state index in [1.54, 1.807) is 7.05 Å². The van der Waals surface area contributed by atoms with Crippen molar-refractivity contribution in [2.24, 2.45) is 5.92 Å². The molecule has 0 aliphatic heterocycles. The molecule has 5 nitrogen and oxygen atoms in total. The monoisotopic (exact) mass is 269 g/mol. The summed E-state index contributed by atoms with van der Waals surface area (Å²) in [5.41, 5.74) is 5.96. The van der Waals surface area contributed by atoms with E-state index in [1.807, 2.05) is 0 Å². The SMILES string of the molecule is CN(CC1CCCC1)S(=O)(=O)c1cnccc1N. The summed E-state index contributed by atoms with van der Waals surface area (Å²) in [6, 6.07) is 1.51. The van der Waals surface area contributed by atoms with Gasteiger partial charge in [0.05, 0.1) is 5.69 Å². The Morgan fingerprint density at radius 1 is 1.44 bits per heavy atom. The van der Waals surface area contributed by atoms with Crippen LogP contribution in [0, 0.1) is 5.92 Å². The minimum Gasteiger partial charge on any atom is -0.398 e. The van der Waals surface area contributed by atoms with Crippen molar-refractivity contribution >= 4 is 15.7 Å². The first kappa shape index (κ1) is 13.3. The first-order valence-corrected chi connectivity index (χ1v) is 7.61. The molecule has 1 aromatic rings. The Bertz CT molecular complexity index is 510.